The molecule has 1 N–H and O–H groups in total. The van der Waals surface area contributed by atoms with Gasteiger partial charge in [0, 0.05) is 26.2 Å². The Labute approximate surface area is 200 Å². The van der Waals surface area contributed by atoms with Gasteiger partial charge < -0.3 is 10.2 Å². The monoisotopic (exact) mass is 485 g/mol. The van der Waals surface area contributed by atoms with Gasteiger partial charge in [0.1, 0.15) is 6.33 Å². The number of carbonyl (C=O) groups excluding carboxylic acids is 1. The summed E-state index contributed by atoms with van der Waals surface area (Å²) in [5.41, 5.74) is 2.86. The fraction of sp³-hybridized carbons (Fsp3) is 0.391. The Bertz CT molecular complexity index is 1190. The number of hydrogen-bond donors (Lipinski definition) is 1. The van der Waals surface area contributed by atoms with Crippen LogP contribution in [0.25, 0.3) is 5.69 Å². The first-order chi connectivity index (χ1) is 16.3. The maximum atomic E-state index is 13.1. The van der Waals surface area contributed by atoms with Crippen molar-refractivity contribution in [1.29, 1.82) is 0 Å². The van der Waals surface area contributed by atoms with Crippen molar-refractivity contribution in [2.45, 2.75) is 39.0 Å². The number of amides is 1. The zero-order chi connectivity index (χ0) is 24.7. The summed E-state index contributed by atoms with van der Waals surface area (Å²) in [4.78, 5) is 15.2. The highest BCUT2D eigenvalue weighted by Gasteiger charge is 2.24. The second-order valence-corrected chi connectivity index (χ2v) is 9.52. The Balaban J connectivity index is 1.86. The second-order valence-electron chi connectivity index (χ2n) is 7.59. The van der Waals surface area contributed by atoms with Gasteiger partial charge in [-0.1, -0.05) is 26.0 Å². The molecule has 0 saturated heterocycles. The Kier molecular flexibility index (Phi) is 8.35. The number of rotatable bonds is 11. The minimum Gasteiger partial charge on any atom is -0.370 e. The van der Waals surface area contributed by atoms with E-state index < -0.39 is 10.0 Å². The van der Waals surface area contributed by atoms with Crippen LogP contribution in [0.15, 0.2) is 53.7 Å². The molecule has 2 aromatic carbocycles. The number of sulfonamides is 1. The smallest absolute Gasteiger partial charge is 0.243 e. The summed E-state index contributed by atoms with van der Waals surface area (Å²) in [5, 5.41) is 14.0. The molecule has 0 spiro atoms. The van der Waals surface area contributed by atoms with Crippen LogP contribution in [0.3, 0.4) is 0 Å². The molecule has 0 fully saturated rings. The van der Waals surface area contributed by atoms with Crippen LogP contribution in [-0.2, 0) is 21.2 Å². The molecule has 0 aliphatic heterocycles. The lowest BCUT2D eigenvalue weighted by Gasteiger charge is -2.26. The van der Waals surface area contributed by atoms with E-state index in [1.165, 1.54) is 15.3 Å². The van der Waals surface area contributed by atoms with Gasteiger partial charge in [-0.15, -0.1) is 5.10 Å². The van der Waals surface area contributed by atoms with E-state index in [1.807, 2.05) is 38.1 Å². The molecule has 1 aromatic heterocycles. The largest absolute Gasteiger partial charge is 0.370 e. The van der Waals surface area contributed by atoms with Crippen LogP contribution in [0.4, 0.5) is 11.4 Å². The molecule has 0 saturated carbocycles. The molecule has 0 bridgehead atoms. The van der Waals surface area contributed by atoms with E-state index in [9.17, 15) is 13.2 Å². The first-order valence-corrected chi connectivity index (χ1v) is 12.8. The predicted octanol–water partition coefficient (Wildman–Crippen LogP) is 2.72. The number of nitrogens with one attached hydrogen (secondary N) is 1. The number of tetrazole rings is 1. The molecule has 34 heavy (non-hydrogen) atoms. The van der Waals surface area contributed by atoms with Crippen molar-refractivity contribution >= 4 is 27.3 Å². The van der Waals surface area contributed by atoms with Gasteiger partial charge >= 0.3 is 0 Å². The predicted molar refractivity (Wildman–Crippen MR) is 132 cm³/mol. The van der Waals surface area contributed by atoms with Crippen molar-refractivity contribution in [1.82, 2.24) is 24.5 Å². The SMILES string of the molecule is CCN(CC)c1ccc(S(=O)(=O)N(CC)CC)cc1NC(=O)Cc1ccc(-n2cnnn2)cc1. The molecule has 0 aliphatic carbocycles. The van der Waals surface area contributed by atoms with E-state index in [-0.39, 0.29) is 17.2 Å². The van der Waals surface area contributed by atoms with Gasteiger partial charge in [-0.3, -0.25) is 4.79 Å². The van der Waals surface area contributed by atoms with Gasteiger partial charge in [0.15, 0.2) is 0 Å². The lowest BCUT2D eigenvalue weighted by Crippen LogP contribution is -2.31. The number of anilines is 2. The summed E-state index contributed by atoms with van der Waals surface area (Å²) in [7, 11) is -3.66. The standard InChI is InChI=1S/C23H31N7O3S/c1-5-28(6-2)22-14-13-20(34(32,33)29(7-3)8-4)16-21(22)25-23(31)15-18-9-11-19(12-10-18)30-17-24-26-27-30/h9-14,16-17H,5-8,15H2,1-4H3,(H,25,31). The minimum atomic E-state index is -3.66. The normalized spacial score (nSPS) is 11.6. The van der Waals surface area contributed by atoms with Crippen molar-refractivity contribution in [2.75, 3.05) is 36.4 Å². The number of carbonyl (C=O) groups is 1. The number of aromatic nitrogens is 4. The molecule has 182 valence electrons. The Hall–Kier alpha value is -3.31. The fourth-order valence-electron chi connectivity index (χ4n) is 3.75. The molecular weight excluding hydrogens is 454 g/mol. The van der Waals surface area contributed by atoms with E-state index in [2.05, 4.69) is 25.7 Å². The summed E-state index contributed by atoms with van der Waals surface area (Å²) >= 11 is 0. The number of hydrogen-bond acceptors (Lipinski definition) is 7. The van der Waals surface area contributed by atoms with Crippen LogP contribution in [0.2, 0.25) is 0 Å². The molecule has 0 radical (unpaired) electrons. The van der Waals surface area contributed by atoms with E-state index >= 15 is 0 Å². The Morgan fingerprint density at radius 1 is 0.971 bits per heavy atom. The quantitative estimate of drug-likeness (QED) is 0.444. The molecule has 1 amide bonds. The molecule has 10 nitrogen and oxygen atoms in total. The van der Waals surface area contributed by atoms with Gasteiger partial charge in [0.25, 0.3) is 0 Å². The third-order valence-electron chi connectivity index (χ3n) is 5.60. The van der Waals surface area contributed by atoms with Crippen molar-refractivity contribution < 1.29 is 13.2 Å². The minimum absolute atomic E-state index is 0.139. The zero-order valence-electron chi connectivity index (χ0n) is 20.0. The molecule has 1 heterocycles. The third kappa shape index (κ3) is 5.60. The average Bonchev–Trinajstić information content (AvgIpc) is 3.37. The van der Waals surface area contributed by atoms with Crippen LogP contribution in [0.5, 0.6) is 0 Å². The molecule has 0 unspecified atom stereocenters. The molecule has 0 atom stereocenters. The van der Waals surface area contributed by atoms with Gasteiger partial charge in [0.05, 0.1) is 28.4 Å². The van der Waals surface area contributed by atoms with Gasteiger partial charge in [0.2, 0.25) is 15.9 Å². The maximum absolute atomic E-state index is 13.1. The highest BCUT2D eigenvalue weighted by atomic mass is 32.2. The first-order valence-electron chi connectivity index (χ1n) is 11.3. The lowest BCUT2D eigenvalue weighted by molar-refractivity contribution is -0.115. The topological polar surface area (TPSA) is 113 Å². The van der Waals surface area contributed by atoms with E-state index in [0.29, 0.717) is 18.8 Å². The molecule has 3 rings (SSSR count). The Morgan fingerprint density at radius 3 is 2.21 bits per heavy atom. The van der Waals surface area contributed by atoms with Crippen molar-refractivity contribution in [3.05, 3.63) is 54.4 Å². The third-order valence-corrected chi connectivity index (χ3v) is 7.65. The summed E-state index contributed by atoms with van der Waals surface area (Å²) in [6.45, 7) is 9.83. The maximum Gasteiger partial charge on any atom is 0.243 e. The van der Waals surface area contributed by atoms with Gasteiger partial charge in [-0.05, 0) is 60.2 Å². The highest BCUT2D eigenvalue weighted by molar-refractivity contribution is 7.89. The van der Waals surface area contributed by atoms with E-state index in [4.69, 9.17) is 0 Å². The van der Waals surface area contributed by atoms with Crippen molar-refractivity contribution in [3.8, 4) is 5.69 Å². The van der Waals surface area contributed by atoms with E-state index in [1.54, 1.807) is 32.0 Å². The summed E-state index contributed by atoms with van der Waals surface area (Å²) in [6, 6.07) is 12.3. The highest BCUT2D eigenvalue weighted by Crippen LogP contribution is 2.30. The van der Waals surface area contributed by atoms with Gasteiger partial charge in [-0.2, -0.15) is 4.31 Å². The summed E-state index contributed by atoms with van der Waals surface area (Å²) in [6.07, 6.45) is 1.64. The van der Waals surface area contributed by atoms with Crippen LogP contribution >= 0.6 is 0 Å². The summed E-state index contributed by atoms with van der Waals surface area (Å²) < 4.78 is 29.0. The van der Waals surface area contributed by atoms with Gasteiger partial charge in [-0.25, -0.2) is 13.1 Å². The average molecular weight is 486 g/mol. The number of benzene rings is 2. The molecule has 3 aromatic rings. The van der Waals surface area contributed by atoms with Crippen molar-refractivity contribution in [3.63, 3.8) is 0 Å². The second kappa shape index (κ2) is 11.2. The first kappa shape index (κ1) is 25.3. The van der Waals surface area contributed by atoms with Crippen LogP contribution < -0.4 is 10.2 Å². The molecule has 11 heteroatoms. The number of nitrogens with zero attached hydrogens (tertiary/aromatic N) is 6. The van der Waals surface area contributed by atoms with Crippen LogP contribution in [0, 0.1) is 0 Å². The molecule has 0 aliphatic rings. The lowest BCUT2D eigenvalue weighted by atomic mass is 10.1. The fourth-order valence-corrected chi connectivity index (χ4v) is 5.24. The Morgan fingerprint density at radius 2 is 1.65 bits per heavy atom. The summed E-state index contributed by atoms with van der Waals surface area (Å²) in [5.74, 6) is -0.235. The zero-order valence-corrected chi connectivity index (χ0v) is 20.8. The van der Waals surface area contributed by atoms with Crippen molar-refractivity contribution in [2.24, 2.45) is 0 Å². The van der Waals surface area contributed by atoms with Crippen LogP contribution in [0.1, 0.15) is 33.3 Å². The molecular formula is C23H31N7O3S. The van der Waals surface area contributed by atoms with E-state index in [0.717, 1.165) is 30.0 Å². The van der Waals surface area contributed by atoms with Crippen LogP contribution in [-0.4, -0.2) is 65.0 Å².